The van der Waals surface area contributed by atoms with Gasteiger partial charge in [-0.15, -0.1) is 0 Å². The minimum absolute atomic E-state index is 0.100. The number of hydrogen-bond acceptors (Lipinski definition) is 3. The van der Waals surface area contributed by atoms with E-state index in [1.54, 1.807) is 26.1 Å². The van der Waals surface area contributed by atoms with Gasteiger partial charge in [-0.2, -0.15) is 0 Å². The fraction of sp³-hybridized carbons (Fsp3) is 0.562. The van der Waals surface area contributed by atoms with Crippen molar-refractivity contribution >= 4 is 17.5 Å². The van der Waals surface area contributed by atoms with E-state index in [0.29, 0.717) is 23.2 Å². The summed E-state index contributed by atoms with van der Waals surface area (Å²) in [7, 11) is 5.15. The van der Waals surface area contributed by atoms with Gasteiger partial charge in [-0.3, -0.25) is 4.79 Å². The summed E-state index contributed by atoms with van der Waals surface area (Å²) in [5.41, 5.74) is 1.03. The molecule has 1 amide bonds. The highest BCUT2D eigenvalue weighted by atomic mass is 35.5. The van der Waals surface area contributed by atoms with Gasteiger partial charge in [-0.1, -0.05) is 31.5 Å². The van der Waals surface area contributed by atoms with Gasteiger partial charge >= 0.3 is 0 Å². The van der Waals surface area contributed by atoms with E-state index in [1.165, 1.54) is 0 Å². The number of methoxy groups -OCH3 is 1. The number of rotatable bonds is 7. The maximum absolute atomic E-state index is 12.2. The number of carbonyl (C=O) groups excluding carboxylic acids is 1. The fourth-order valence-corrected chi connectivity index (χ4v) is 2.40. The Morgan fingerprint density at radius 2 is 2.05 bits per heavy atom. The first-order valence-electron chi connectivity index (χ1n) is 7.12. The fourth-order valence-electron chi connectivity index (χ4n) is 2.12. The van der Waals surface area contributed by atoms with E-state index in [-0.39, 0.29) is 11.9 Å². The summed E-state index contributed by atoms with van der Waals surface area (Å²) >= 11 is 6.11. The molecule has 0 aromatic heterocycles. The molecule has 0 heterocycles. The highest BCUT2D eigenvalue weighted by Gasteiger charge is 2.20. The van der Waals surface area contributed by atoms with Crippen molar-refractivity contribution in [3.63, 3.8) is 0 Å². The van der Waals surface area contributed by atoms with Gasteiger partial charge in [0, 0.05) is 20.6 Å². The molecule has 4 nitrogen and oxygen atoms in total. The van der Waals surface area contributed by atoms with Crippen LogP contribution in [0.2, 0.25) is 5.02 Å². The van der Waals surface area contributed by atoms with Crippen LogP contribution in [0.25, 0.3) is 0 Å². The molecule has 1 aromatic rings. The van der Waals surface area contributed by atoms with Crippen LogP contribution in [-0.2, 0) is 11.3 Å². The van der Waals surface area contributed by atoms with Crippen molar-refractivity contribution < 1.29 is 9.53 Å². The average Bonchev–Trinajstić information content (AvgIpc) is 2.42. The van der Waals surface area contributed by atoms with Crippen LogP contribution in [0.4, 0.5) is 0 Å². The Hall–Kier alpha value is -1.26. The Morgan fingerprint density at radius 1 is 1.38 bits per heavy atom. The van der Waals surface area contributed by atoms with Gasteiger partial charge < -0.3 is 15.0 Å². The smallest absolute Gasteiger partial charge is 0.239 e. The Balaban J connectivity index is 2.72. The minimum atomic E-state index is -0.180. The first-order chi connectivity index (χ1) is 9.85. The number of benzene rings is 1. The third kappa shape index (κ3) is 5.56. The second-order valence-corrected chi connectivity index (χ2v) is 6.17. The summed E-state index contributed by atoms with van der Waals surface area (Å²) in [5.74, 6) is 1.21. The van der Waals surface area contributed by atoms with Crippen molar-refractivity contribution in [2.75, 3.05) is 21.2 Å². The van der Waals surface area contributed by atoms with Gasteiger partial charge in [-0.25, -0.2) is 0 Å². The van der Waals surface area contributed by atoms with Crippen LogP contribution in [0, 0.1) is 5.92 Å². The predicted molar refractivity (Wildman–Crippen MR) is 86.8 cm³/mol. The number of halogens is 1. The summed E-state index contributed by atoms with van der Waals surface area (Å²) in [6.45, 7) is 4.82. The van der Waals surface area contributed by atoms with E-state index in [4.69, 9.17) is 16.3 Å². The van der Waals surface area contributed by atoms with E-state index in [2.05, 4.69) is 19.2 Å². The van der Waals surface area contributed by atoms with Gasteiger partial charge in [-0.05, 0) is 30.0 Å². The van der Waals surface area contributed by atoms with E-state index >= 15 is 0 Å². The summed E-state index contributed by atoms with van der Waals surface area (Å²) in [6, 6.07) is 5.47. The van der Waals surface area contributed by atoms with E-state index in [9.17, 15) is 4.79 Å². The van der Waals surface area contributed by atoms with Crippen molar-refractivity contribution in [3.8, 4) is 5.75 Å². The molecule has 1 atom stereocenters. The van der Waals surface area contributed by atoms with Crippen LogP contribution in [0.15, 0.2) is 18.2 Å². The first kappa shape index (κ1) is 17.8. The van der Waals surface area contributed by atoms with Crippen LogP contribution in [0.5, 0.6) is 5.75 Å². The average molecular weight is 313 g/mol. The third-order valence-electron chi connectivity index (χ3n) is 3.21. The molecule has 0 radical (unpaired) electrons. The van der Waals surface area contributed by atoms with Gasteiger partial charge in [0.15, 0.2) is 0 Å². The third-order valence-corrected chi connectivity index (χ3v) is 3.51. The van der Waals surface area contributed by atoms with Crippen molar-refractivity contribution in [1.29, 1.82) is 0 Å². The molecule has 1 N–H and O–H groups in total. The van der Waals surface area contributed by atoms with Gasteiger partial charge in [0.2, 0.25) is 5.91 Å². The number of hydrogen-bond donors (Lipinski definition) is 1. The Labute approximate surface area is 132 Å². The molecule has 0 bridgehead atoms. The highest BCUT2D eigenvalue weighted by Crippen LogP contribution is 2.24. The summed E-state index contributed by atoms with van der Waals surface area (Å²) in [4.78, 5) is 13.8. The Kier molecular flexibility index (Phi) is 6.99. The molecular weight excluding hydrogens is 288 g/mol. The van der Waals surface area contributed by atoms with Crippen LogP contribution in [0.1, 0.15) is 25.8 Å². The van der Waals surface area contributed by atoms with Crippen molar-refractivity contribution in [2.24, 2.45) is 5.92 Å². The second kappa shape index (κ2) is 8.25. The second-order valence-electron chi connectivity index (χ2n) is 5.76. The molecule has 1 unspecified atom stereocenters. The van der Waals surface area contributed by atoms with Crippen LogP contribution in [0.3, 0.4) is 0 Å². The molecular formula is C16H25ClN2O2. The van der Waals surface area contributed by atoms with Crippen molar-refractivity contribution in [1.82, 2.24) is 10.2 Å². The quantitative estimate of drug-likeness (QED) is 0.841. The zero-order valence-electron chi connectivity index (χ0n) is 13.4. The number of likely N-dealkylation sites (N-methyl/N-ethyl adjacent to an activating group) is 1. The van der Waals surface area contributed by atoms with E-state index < -0.39 is 0 Å². The summed E-state index contributed by atoms with van der Waals surface area (Å²) in [6.07, 6.45) is 0.806. The lowest BCUT2D eigenvalue weighted by Gasteiger charge is -2.23. The van der Waals surface area contributed by atoms with Gasteiger partial charge in [0.25, 0.3) is 0 Å². The molecule has 0 aliphatic carbocycles. The lowest BCUT2D eigenvalue weighted by atomic mass is 10.0. The lowest BCUT2D eigenvalue weighted by Crippen LogP contribution is -2.44. The van der Waals surface area contributed by atoms with Crippen molar-refractivity contribution in [3.05, 3.63) is 28.8 Å². The summed E-state index contributed by atoms with van der Waals surface area (Å²) < 4.78 is 5.13. The monoisotopic (exact) mass is 312 g/mol. The molecule has 21 heavy (non-hydrogen) atoms. The normalized spacial score (nSPS) is 12.3. The maximum Gasteiger partial charge on any atom is 0.239 e. The molecule has 1 aromatic carbocycles. The number of amides is 1. The molecule has 0 aliphatic heterocycles. The molecule has 0 saturated heterocycles. The van der Waals surface area contributed by atoms with Crippen molar-refractivity contribution in [2.45, 2.75) is 32.9 Å². The number of carbonyl (C=O) groups is 1. The standard InChI is InChI=1S/C16H25ClN2O2/c1-11(2)8-14(16(20)19(3)4)18-10-12-6-7-15(21-5)13(17)9-12/h6-7,9,11,14,18H,8,10H2,1-5H3. The first-order valence-corrected chi connectivity index (χ1v) is 7.50. The zero-order valence-corrected chi connectivity index (χ0v) is 14.2. The van der Waals surface area contributed by atoms with E-state index in [0.717, 1.165) is 12.0 Å². The topological polar surface area (TPSA) is 41.6 Å². The van der Waals surface area contributed by atoms with E-state index in [1.807, 2.05) is 18.2 Å². The van der Waals surface area contributed by atoms with Crippen LogP contribution in [-0.4, -0.2) is 38.1 Å². The molecule has 5 heteroatoms. The number of nitrogens with one attached hydrogen (secondary N) is 1. The number of nitrogens with zero attached hydrogens (tertiary/aromatic N) is 1. The molecule has 0 spiro atoms. The molecule has 1 rings (SSSR count). The molecule has 118 valence electrons. The zero-order chi connectivity index (χ0) is 16.0. The lowest BCUT2D eigenvalue weighted by molar-refractivity contribution is -0.131. The Bertz CT molecular complexity index is 475. The predicted octanol–water partition coefficient (Wildman–Crippen LogP) is 2.94. The molecule has 0 saturated carbocycles. The molecule has 0 fully saturated rings. The highest BCUT2D eigenvalue weighted by molar-refractivity contribution is 6.32. The van der Waals surface area contributed by atoms with Gasteiger partial charge in [0.1, 0.15) is 5.75 Å². The molecule has 0 aliphatic rings. The maximum atomic E-state index is 12.2. The van der Waals surface area contributed by atoms with Crippen LogP contribution >= 0.6 is 11.6 Å². The SMILES string of the molecule is COc1ccc(CNC(CC(C)C)C(=O)N(C)C)cc1Cl. The number of ether oxygens (including phenoxy) is 1. The Morgan fingerprint density at radius 3 is 2.52 bits per heavy atom. The largest absolute Gasteiger partial charge is 0.495 e. The minimum Gasteiger partial charge on any atom is -0.495 e. The van der Waals surface area contributed by atoms with Gasteiger partial charge in [0.05, 0.1) is 18.2 Å². The van der Waals surface area contributed by atoms with Crippen LogP contribution < -0.4 is 10.1 Å². The summed E-state index contributed by atoms with van der Waals surface area (Å²) in [5, 5.41) is 3.90.